The van der Waals surface area contributed by atoms with Crippen LogP contribution in [0.4, 0.5) is 0 Å². The van der Waals surface area contributed by atoms with Gasteiger partial charge in [-0.15, -0.1) is 0 Å². The van der Waals surface area contributed by atoms with Gasteiger partial charge in [0.1, 0.15) is 6.61 Å². The molecule has 1 fully saturated rings. The molecule has 0 N–H and O–H groups in total. The lowest BCUT2D eigenvalue weighted by atomic mass is 9.90. The minimum atomic E-state index is -0.481. The molecule has 2 aliphatic rings. The van der Waals surface area contributed by atoms with E-state index in [0.717, 1.165) is 19.3 Å². The Balaban J connectivity index is 1.56. The number of carbonyl (C=O) groups excluding carboxylic acids is 3. The minimum absolute atomic E-state index is 0.0718. The van der Waals surface area contributed by atoms with E-state index in [1.165, 1.54) is 40.3 Å². The van der Waals surface area contributed by atoms with Crippen LogP contribution in [-0.2, 0) is 31.9 Å². The molecular formula is C20H23NO5S. The second-order valence-electron chi connectivity index (χ2n) is 6.40. The summed E-state index contributed by atoms with van der Waals surface area (Å²) in [6.07, 6.45) is 5.72. The molecule has 1 aromatic rings. The molecular weight excluding hydrogens is 366 g/mol. The first-order valence-electron chi connectivity index (χ1n) is 9.19. The van der Waals surface area contributed by atoms with Crippen molar-refractivity contribution in [3.63, 3.8) is 0 Å². The van der Waals surface area contributed by atoms with Gasteiger partial charge < -0.3 is 14.4 Å². The number of fused-ring (bicyclic) bond motifs is 1. The Morgan fingerprint density at radius 2 is 1.96 bits per heavy atom. The first-order valence-corrected chi connectivity index (χ1v) is 10.2. The number of benzene rings is 1. The zero-order chi connectivity index (χ0) is 19.2. The van der Waals surface area contributed by atoms with Crippen LogP contribution in [0.1, 0.15) is 41.3 Å². The summed E-state index contributed by atoms with van der Waals surface area (Å²) in [5.74, 6) is -0.714. The number of amides is 1. The number of aryl methyl sites for hydroxylation is 2. The molecule has 0 saturated carbocycles. The van der Waals surface area contributed by atoms with Gasteiger partial charge in [-0.3, -0.25) is 4.79 Å². The normalized spacial score (nSPS) is 17.7. The molecule has 1 heterocycles. The predicted molar refractivity (Wildman–Crippen MR) is 102 cm³/mol. The Morgan fingerprint density at radius 3 is 2.74 bits per heavy atom. The molecule has 1 aromatic carbocycles. The average Bonchev–Trinajstić information content (AvgIpc) is 3.01. The number of hydrogen-bond acceptors (Lipinski definition) is 6. The average molecular weight is 389 g/mol. The van der Waals surface area contributed by atoms with Crippen LogP contribution in [-0.4, -0.2) is 48.3 Å². The van der Waals surface area contributed by atoms with Crippen LogP contribution in [0.2, 0.25) is 0 Å². The lowest BCUT2D eigenvalue weighted by molar-refractivity contribution is -0.137. The summed E-state index contributed by atoms with van der Waals surface area (Å²) in [4.78, 5) is 37.4. The van der Waals surface area contributed by atoms with Crippen LogP contribution in [0.25, 0.3) is 0 Å². The van der Waals surface area contributed by atoms with Gasteiger partial charge >= 0.3 is 11.9 Å². The third-order valence-corrected chi connectivity index (χ3v) is 5.60. The van der Waals surface area contributed by atoms with Gasteiger partial charge in [0.2, 0.25) is 5.91 Å². The minimum Gasteiger partial charge on any atom is -0.463 e. The lowest BCUT2D eigenvalue weighted by Crippen LogP contribution is -2.29. The van der Waals surface area contributed by atoms with E-state index >= 15 is 0 Å². The summed E-state index contributed by atoms with van der Waals surface area (Å²) in [5.41, 5.74) is 3.08. The van der Waals surface area contributed by atoms with E-state index in [2.05, 4.69) is 0 Å². The number of nitrogens with zero attached hydrogens (tertiary/aromatic N) is 1. The fourth-order valence-electron chi connectivity index (χ4n) is 3.23. The molecule has 1 saturated heterocycles. The molecule has 1 aliphatic heterocycles. The van der Waals surface area contributed by atoms with Gasteiger partial charge in [0.25, 0.3) is 0 Å². The summed E-state index contributed by atoms with van der Waals surface area (Å²) < 4.78 is 10.2. The molecule has 0 bridgehead atoms. The Hall–Kier alpha value is -2.28. The Labute approximate surface area is 162 Å². The zero-order valence-corrected chi connectivity index (χ0v) is 16.2. The fourth-order valence-corrected chi connectivity index (χ4v) is 4.18. The van der Waals surface area contributed by atoms with Crippen LogP contribution in [0.15, 0.2) is 29.3 Å². The van der Waals surface area contributed by atoms with Gasteiger partial charge in [0.05, 0.1) is 35.6 Å². The predicted octanol–water partition coefficient (Wildman–Crippen LogP) is 2.70. The standard InChI is InChI=1S/C20H23NO5S/c1-2-25-19(23)12-18-21(17(22)13-27-18)9-10-26-20(24)16-8-7-14-5-3-4-6-15(14)11-16/h7-8,11-12H,2-6,9-10,13H2,1H3/b18-12-. The lowest BCUT2D eigenvalue weighted by Gasteiger charge is -2.18. The van der Waals surface area contributed by atoms with Crippen LogP contribution in [0.3, 0.4) is 0 Å². The monoisotopic (exact) mass is 389 g/mol. The maximum absolute atomic E-state index is 12.3. The second-order valence-corrected chi connectivity index (χ2v) is 7.39. The van der Waals surface area contributed by atoms with Crippen LogP contribution >= 0.6 is 11.8 Å². The number of hydrogen-bond donors (Lipinski definition) is 0. The van der Waals surface area contributed by atoms with Crippen molar-refractivity contribution >= 4 is 29.6 Å². The first-order chi connectivity index (χ1) is 13.1. The molecule has 7 heteroatoms. The Kier molecular flexibility index (Phi) is 6.55. The third-order valence-electron chi connectivity index (χ3n) is 4.57. The summed E-state index contributed by atoms with van der Waals surface area (Å²) in [6.45, 7) is 2.29. The molecule has 0 aromatic heterocycles. The van der Waals surface area contributed by atoms with E-state index < -0.39 is 11.9 Å². The van der Waals surface area contributed by atoms with Crippen molar-refractivity contribution in [2.24, 2.45) is 0 Å². The van der Waals surface area contributed by atoms with Crippen molar-refractivity contribution in [3.8, 4) is 0 Å². The maximum Gasteiger partial charge on any atom is 0.338 e. The number of rotatable bonds is 6. The SMILES string of the molecule is CCOC(=O)/C=C1\SCC(=O)N1CCOC(=O)c1ccc2c(c1)CCCC2. The highest BCUT2D eigenvalue weighted by atomic mass is 32.2. The number of carbonyl (C=O) groups is 3. The maximum atomic E-state index is 12.3. The highest BCUT2D eigenvalue weighted by Crippen LogP contribution is 2.28. The first kappa shape index (κ1) is 19.5. The summed E-state index contributed by atoms with van der Waals surface area (Å²) >= 11 is 1.28. The van der Waals surface area contributed by atoms with Gasteiger partial charge in [-0.1, -0.05) is 17.8 Å². The van der Waals surface area contributed by atoms with Crippen molar-refractivity contribution in [2.75, 3.05) is 25.5 Å². The quantitative estimate of drug-likeness (QED) is 0.550. The number of thioether (sulfide) groups is 1. The summed E-state index contributed by atoms with van der Waals surface area (Å²) in [7, 11) is 0. The van der Waals surface area contributed by atoms with Gasteiger partial charge in [-0.05, 0) is 55.9 Å². The Morgan fingerprint density at radius 1 is 1.19 bits per heavy atom. The van der Waals surface area contributed by atoms with Gasteiger partial charge in [-0.25, -0.2) is 9.59 Å². The summed E-state index contributed by atoms with van der Waals surface area (Å²) in [5, 5.41) is 0.531. The van der Waals surface area contributed by atoms with Crippen molar-refractivity contribution in [2.45, 2.75) is 32.6 Å². The van der Waals surface area contributed by atoms with Crippen molar-refractivity contribution < 1.29 is 23.9 Å². The third kappa shape index (κ3) is 4.91. The second kappa shape index (κ2) is 9.08. The van der Waals surface area contributed by atoms with E-state index in [4.69, 9.17) is 9.47 Å². The molecule has 0 unspecified atom stereocenters. The number of esters is 2. The molecule has 6 nitrogen and oxygen atoms in total. The van der Waals surface area contributed by atoms with E-state index in [1.807, 2.05) is 12.1 Å². The van der Waals surface area contributed by atoms with Gasteiger partial charge in [0.15, 0.2) is 0 Å². The van der Waals surface area contributed by atoms with Crippen molar-refractivity contribution in [3.05, 3.63) is 46.0 Å². The molecule has 144 valence electrons. The van der Waals surface area contributed by atoms with Crippen LogP contribution < -0.4 is 0 Å². The molecule has 0 radical (unpaired) electrons. The largest absolute Gasteiger partial charge is 0.463 e. The molecule has 1 aliphatic carbocycles. The van der Waals surface area contributed by atoms with Crippen molar-refractivity contribution in [1.29, 1.82) is 0 Å². The van der Waals surface area contributed by atoms with Gasteiger partial charge in [0, 0.05) is 0 Å². The molecule has 27 heavy (non-hydrogen) atoms. The van der Waals surface area contributed by atoms with E-state index in [-0.39, 0.29) is 31.4 Å². The number of ether oxygens (including phenoxy) is 2. The van der Waals surface area contributed by atoms with E-state index in [0.29, 0.717) is 10.6 Å². The zero-order valence-electron chi connectivity index (χ0n) is 15.4. The molecule has 3 rings (SSSR count). The fraction of sp³-hybridized carbons (Fsp3) is 0.450. The highest BCUT2D eigenvalue weighted by Gasteiger charge is 2.27. The van der Waals surface area contributed by atoms with Crippen molar-refractivity contribution in [1.82, 2.24) is 4.90 Å². The van der Waals surface area contributed by atoms with E-state index in [1.54, 1.807) is 13.0 Å². The topological polar surface area (TPSA) is 72.9 Å². The molecule has 0 spiro atoms. The van der Waals surface area contributed by atoms with Crippen LogP contribution in [0.5, 0.6) is 0 Å². The Bertz CT molecular complexity index is 774. The van der Waals surface area contributed by atoms with Crippen LogP contribution in [0, 0.1) is 0 Å². The van der Waals surface area contributed by atoms with Gasteiger partial charge in [-0.2, -0.15) is 0 Å². The molecule has 0 atom stereocenters. The smallest absolute Gasteiger partial charge is 0.338 e. The van der Waals surface area contributed by atoms with E-state index in [9.17, 15) is 14.4 Å². The molecule has 1 amide bonds. The highest BCUT2D eigenvalue weighted by molar-refractivity contribution is 8.04. The summed E-state index contributed by atoms with van der Waals surface area (Å²) in [6, 6.07) is 5.72.